The fourth-order valence-electron chi connectivity index (χ4n) is 3.16. The SMILES string of the molecule is O=C(Cn1c(=O)oc2ccccc21)N1CCn2nc(C(O)CO)cc2C1. The maximum absolute atomic E-state index is 12.7. The van der Waals surface area contributed by atoms with E-state index in [0.29, 0.717) is 36.4 Å². The molecule has 136 valence electrons. The van der Waals surface area contributed by atoms with E-state index in [9.17, 15) is 14.7 Å². The van der Waals surface area contributed by atoms with Gasteiger partial charge in [-0.05, 0) is 18.2 Å². The van der Waals surface area contributed by atoms with Gasteiger partial charge < -0.3 is 19.5 Å². The van der Waals surface area contributed by atoms with Crippen LogP contribution in [0.25, 0.3) is 11.1 Å². The van der Waals surface area contributed by atoms with Crippen LogP contribution in [0.15, 0.2) is 39.5 Å². The van der Waals surface area contributed by atoms with Crippen molar-refractivity contribution in [3.63, 3.8) is 0 Å². The third-order valence-corrected chi connectivity index (χ3v) is 4.55. The number of amides is 1. The second-order valence-electron chi connectivity index (χ2n) is 6.22. The molecule has 3 heterocycles. The molecule has 0 fully saturated rings. The average Bonchev–Trinajstić information content (AvgIpc) is 3.21. The summed E-state index contributed by atoms with van der Waals surface area (Å²) in [6.45, 7) is 0.757. The number of hydrogen-bond acceptors (Lipinski definition) is 6. The standard InChI is InChI=1S/C17H18N4O5/c22-10-14(23)12-7-11-8-19(5-6-21(11)18-12)16(24)9-20-13-3-1-2-4-15(13)26-17(20)25/h1-4,7,14,22-23H,5-6,8-10H2. The third kappa shape index (κ3) is 2.80. The molecule has 2 N–H and O–H groups in total. The normalized spacial score (nSPS) is 15.2. The topological polar surface area (TPSA) is 114 Å². The predicted octanol–water partition coefficient (Wildman–Crippen LogP) is -0.141. The number of hydrogen-bond donors (Lipinski definition) is 2. The second kappa shape index (κ2) is 6.43. The molecule has 1 unspecified atom stereocenters. The highest BCUT2D eigenvalue weighted by molar-refractivity contribution is 5.79. The first kappa shape index (κ1) is 16.6. The van der Waals surface area contributed by atoms with Crippen LogP contribution in [0.5, 0.6) is 0 Å². The number of carbonyl (C=O) groups is 1. The van der Waals surface area contributed by atoms with Gasteiger partial charge in [-0.1, -0.05) is 12.1 Å². The molecule has 1 aliphatic heterocycles. The number of oxazole rings is 1. The highest BCUT2D eigenvalue weighted by Crippen LogP contribution is 2.19. The molecule has 3 aromatic rings. The van der Waals surface area contributed by atoms with Gasteiger partial charge in [0, 0.05) is 6.54 Å². The largest absolute Gasteiger partial charge is 0.420 e. The summed E-state index contributed by atoms with van der Waals surface area (Å²) in [6, 6.07) is 8.65. The predicted molar refractivity (Wildman–Crippen MR) is 90.2 cm³/mol. The zero-order chi connectivity index (χ0) is 18.3. The van der Waals surface area contributed by atoms with E-state index in [-0.39, 0.29) is 12.5 Å². The minimum Gasteiger partial charge on any atom is -0.408 e. The summed E-state index contributed by atoms with van der Waals surface area (Å²) in [5.74, 6) is -0.759. The summed E-state index contributed by atoms with van der Waals surface area (Å²) in [4.78, 5) is 26.3. The number of carbonyl (C=O) groups excluding carboxylic acids is 1. The number of aliphatic hydroxyl groups excluding tert-OH is 2. The van der Waals surface area contributed by atoms with Crippen LogP contribution in [-0.4, -0.2) is 48.5 Å². The molecule has 1 aliphatic rings. The maximum Gasteiger partial charge on any atom is 0.420 e. The molecule has 0 saturated heterocycles. The van der Waals surface area contributed by atoms with Crippen molar-refractivity contribution in [2.24, 2.45) is 0 Å². The van der Waals surface area contributed by atoms with E-state index in [4.69, 9.17) is 9.52 Å². The molecule has 9 heteroatoms. The van der Waals surface area contributed by atoms with Crippen molar-refractivity contribution < 1.29 is 19.4 Å². The summed E-state index contributed by atoms with van der Waals surface area (Å²) in [7, 11) is 0. The van der Waals surface area contributed by atoms with Gasteiger partial charge in [-0.25, -0.2) is 4.79 Å². The lowest BCUT2D eigenvalue weighted by Gasteiger charge is -2.27. The van der Waals surface area contributed by atoms with Crippen LogP contribution in [0.3, 0.4) is 0 Å². The van der Waals surface area contributed by atoms with Crippen molar-refractivity contribution in [1.82, 2.24) is 19.2 Å². The number of benzene rings is 1. The molecule has 0 aliphatic carbocycles. The second-order valence-corrected chi connectivity index (χ2v) is 6.22. The molecule has 1 aromatic carbocycles. The quantitative estimate of drug-likeness (QED) is 0.671. The van der Waals surface area contributed by atoms with Gasteiger partial charge in [-0.2, -0.15) is 5.10 Å². The lowest BCUT2D eigenvalue weighted by atomic mass is 10.2. The Morgan fingerprint density at radius 1 is 1.31 bits per heavy atom. The fraction of sp³-hybridized carbons (Fsp3) is 0.353. The highest BCUT2D eigenvalue weighted by atomic mass is 16.4. The first-order chi connectivity index (χ1) is 12.6. The van der Waals surface area contributed by atoms with Crippen molar-refractivity contribution in [3.8, 4) is 0 Å². The van der Waals surface area contributed by atoms with E-state index in [2.05, 4.69) is 5.10 Å². The molecule has 0 saturated carbocycles. The monoisotopic (exact) mass is 358 g/mol. The Labute approximate surface area is 147 Å². The molecule has 2 aromatic heterocycles. The van der Waals surface area contributed by atoms with E-state index in [1.165, 1.54) is 4.57 Å². The zero-order valence-electron chi connectivity index (χ0n) is 13.9. The number of rotatable bonds is 4. The molecule has 4 rings (SSSR count). The Morgan fingerprint density at radius 3 is 2.92 bits per heavy atom. The highest BCUT2D eigenvalue weighted by Gasteiger charge is 2.25. The fourth-order valence-corrected chi connectivity index (χ4v) is 3.16. The lowest BCUT2D eigenvalue weighted by Crippen LogP contribution is -2.41. The number of aliphatic hydroxyl groups is 2. The van der Waals surface area contributed by atoms with Crippen LogP contribution in [0.1, 0.15) is 17.5 Å². The van der Waals surface area contributed by atoms with Gasteiger partial charge >= 0.3 is 5.76 Å². The summed E-state index contributed by atoms with van der Waals surface area (Å²) in [6.07, 6.45) is -1.03. The van der Waals surface area contributed by atoms with Crippen molar-refractivity contribution >= 4 is 17.0 Å². The van der Waals surface area contributed by atoms with Crippen LogP contribution in [0.4, 0.5) is 0 Å². The van der Waals surface area contributed by atoms with Crippen molar-refractivity contribution in [2.45, 2.75) is 25.7 Å². The summed E-state index contributed by atoms with van der Waals surface area (Å²) >= 11 is 0. The first-order valence-electron chi connectivity index (χ1n) is 8.28. The van der Waals surface area contributed by atoms with Gasteiger partial charge in [0.25, 0.3) is 0 Å². The molecule has 0 spiro atoms. The van der Waals surface area contributed by atoms with Crippen LogP contribution >= 0.6 is 0 Å². The molecular formula is C17H18N4O5. The van der Waals surface area contributed by atoms with Gasteiger partial charge in [0.2, 0.25) is 5.91 Å². The Bertz CT molecular complexity index is 1020. The average molecular weight is 358 g/mol. The summed E-state index contributed by atoms with van der Waals surface area (Å²) in [5, 5.41) is 23.0. The van der Waals surface area contributed by atoms with Gasteiger partial charge in [0.15, 0.2) is 5.58 Å². The number of nitrogens with zero attached hydrogens (tertiary/aromatic N) is 4. The molecule has 9 nitrogen and oxygen atoms in total. The smallest absolute Gasteiger partial charge is 0.408 e. The van der Waals surface area contributed by atoms with Crippen LogP contribution in [-0.2, 0) is 24.4 Å². The minimum atomic E-state index is -1.03. The summed E-state index contributed by atoms with van der Waals surface area (Å²) < 4.78 is 8.20. The minimum absolute atomic E-state index is 0.101. The maximum atomic E-state index is 12.7. The van der Waals surface area contributed by atoms with Gasteiger partial charge in [-0.15, -0.1) is 0 Å². The van der Waals surface area contributed by atoms with Gasteiger partial charge in [-0.3, -0.25) is 14.0 Å². The first-order valence-corrected chi connectivity index (χ1v) is 8.28. The number of fused-ring (bicyclic) bond motifs is 2. The van der Waals surface area contributed by atoms with Crippen molar-refractivity contribution in [3.05, 3.63) is 52.3 Å². The Hall–Kier alpha value is -2.91. The Morgan fingerprint density at radius 2 is 2.12 bits per heavy atom. The molecule has 0 bridgehead atoms. The van der Waals surface area contributed by atoms with E-state index in [0.717, 1.165) is 5.69 Å². The lowest BCUT2D eigenvalue weighted by molar-refractivity contribution is -0.133. The Balaban J connectivity index is 1.53. The van der Waals surface area contributed by atoms with E-state index < -0.39 is 18.5 Å². The van der Waals surface area contributed by atoms with Crippen molar-refractivity contribution in [2.75, 3.05) is 13.2 Å². The van der Waals surface area contributed by atoms with Gasteiger partial charge in [0.1, 0.15) is 12.6 Å². The van der Waals surface area contributed by atoms with Crippen molar-refractivity contribution in [1.29, 1.82) is 0 Å². The van der Waals surface area contributed by atoms with E-state index in [1.54, 1.807) is 39.9 Å². The third-order valence-electron chi connectivity index (χ3n) is 4.55. The molecule has 26 heavy (non-hydrogen) atoms. The van der Waals surface area contributed by atoms with Crippen LogP contribution in [0, 0.1) is 0 Å². The summed E-state index contributed by atoms with van der Waals surface area (Å²) in [5.41, 5.74) is 2.19. The van der Waals surface area contributed by atoms with Crippen LogP contribution < -0.4 is 5.76 Å². The van der Waals surface area contributed by atoms with E-state index >= 15 is 0 Å². The molecule has 1 atom stereocenters. The number of aromatic nitrogens is 3. The van der Waals surface area contributed by atoms with Gasteiger partial charge in [0.05, 0.1) is 36.6 Å². The van der Waals surface area contributed by atoms with E-state index in [1.807, 2.05) is 0 Å². The van der Waals surface area contributed by atoms with Crippen LogP contribution in [0.2, 0.25) is 0 Å². The molecule has 1 amide bonds. The molecule has 0 radical (unpaired) electrons. The molecular weight excluding hydrogens is 340 g/mol. The Kier molecular flexibility index (Phi) is 4.09. The zero-order valence-corrected chi connectivity index (χ0v) is 13.9. The number of para-hydroxylation sites is 2.